The predicted molar refractivity (Wildman–Crippen MR) is 122 cm³/mol. The van der Waals surface area contributed by atoms with Gasteiger partial charge in [-0.15, -0.1) is 0 Å². The van der Waals surface area contributed by atoms with Gasteiger partial charge in [0.15, 0.2) is 0 Å². The van der Waals surface area contributed by atoms with E-state index in [-0.39, 0.29) is 5.91 Å². The van der Waals surface area contributed by atoms with Crippen LogP contribution in [0.25, 0.3) is 0 Å². The van der Waals surface area contributed by atoms with Crippen LogP contribution in [-0.4, -0.2) is 50.1 Å². The Hall–Kier alpha value is -2.33. The van der Waals surface area contributed by atoms with E-state index in [4.69, 9.17) is 0 Å². The van der Waals surface area contributed by atoms with E-state index in [2.05, 4.69) is 46.3 Å². The lowest BCUT2D eigenvalue weighted by atomic mass is 9.84. The smallest absolute Gasteiger partial charge is 0.230 e. The van der Waals surface area contributed by atoms with Crippen molar-refractivity contribution >= 4 is 11.6 Å². The molecule has 0 aliphatic carbocycles. The van der Waals surface area contributed by atoms with Gasteiger partial charge in [-0.2, -0.15) is 0 Å². The Morgan fingerprint density at radius 1 is 0.966 bits per heavy atom. The fourth-order valence-corrected chi connectivity index (χ4v) is 3.92. The van der Waals surface area contributed by atoms with Crippen molar-refractivity contribution in [2.24, 2.45) is 0 Å². The summed E-state index contributed by atoms with van der Waals surface area (Å²) in [5, 5.41) is 3.13. The largest absolute Gasteiger partial charge is 0.369 e. The summed E-state index contributed by atoms with van der Waals surface area (Å²) in [4.78, 5) is 17.6. The van der Waals surface area contributed by atoms with Gasteiger partial charge in [-0.05, 0) is 63.4 Å². The van der Waals surface area contributed by atoms with E-state index in [1.54, 1.807) is 0 Å². The van der Waals surface area contributed by atoms with E-state index in [0.717, 1.165) is 57.7 Å². The number of nitrogens with one attached hydrogen (secondary N) is 1. The first-order valence-corrected chi connectivity index (χ1v) is 10.8. The zero-order chi connectivity index (χ0) is 20.7. The molecule has 1 amide bonds. The molecule has 3 rings (SSSR count). The zero-order valence-electron chi connectivity index (χ0n) is 18.2. The van der Waals surface area contributed by atoms with Crippen molar-refractivity contribution in [1.29, 1.82) is 0 Å². The number of unbranched alkanes of at least 4 members (excludes halogenated alkanes) is 1. The number of piperazine rings is 1. The van der Waals surface area contributed by atoms with E-state index < -0.39 is 5.41 Å². The van der Waals surface area contributed by atoms with Crippen LogP contribution in [0, 0.1) is 6.92 Å². The van der Waals surface area contributed by atoms with Crippen LogP contribution < -0.4 is 10.2 Å². The van der Waals surface area contributed by atoms with Crippen LogP contribution in [0.3, 0.4) is 0 Å². The molecule has 1 saturated heterocycles. The number of carbonyl (C=O) groups excluding carboxylic acids is 1. The monoisotopic (exact) mass is 393 g/mol. The highest BCUT2D eigenvalue weighted by Gasteiger charge is 2.29. The van der Waals surface area contributed by atoms with Gasteiger partial charge < -0.3 is 10.2 Å². The first-order chi connectivity index (χ1) is 14.0. The Labute approximate surface area is 175 Å². The number of benzene rings is 2. The average molecular weight is 394 g/mol. The van der Waals surface area contributed by atoms with Crippen molar-refractivity contribution < 1.29 is 4.79 Å². The lowest BCUT2D eigenvalue weighted by molar-refractivity contribution is -0.125. The van der Waals surface area contributed by atoms with Crippen LogP contribution in [0.5, 0.6) is 0 Å². The minimum Gasteiger partial charge on any atom is -0.369 e. The molecular formula is C25H35N3O. The fraction of sp³-hybridized carbons (Fsp3) is 0.480. The Kier molecular flexibility index (Phi) is 7.32. The molecule has 1 N–H and O–H groups in total. The van der Waals surface area contributed by atoms with Crippen molar-refractivity contribution in [1.82, 2.24) is 10.2 Å². The molecule has 1 aliphatic heterocycles. The number of aryl methyl sites for hydroxylation is 1. The minimum absolute atomic E-state index is 0.107. The van der Waals surface area contributed by atoms with Crippen molar-refractivity contribution in [3.8, 4) is 0 Å². The summed E-state index contributed by atoms with van der Waals surface area (Å²) >= 11 is 0. The zero-order valence-corrected chi connectivity index (χ0v) is 18.2. The van der Waals surface area contributed by atoms with E-state index in [9.17, 15) is 4.79 Å². The van der Waals surface area contributed by atoms with Crippen LogP contribution in [0.15, 0.2) is 54.6 Å². The summed E-state index contributed by atoms with van der Waals surface area (Å²) < 4.78 is 0. The van der Waals surface area contributed by atoms with E-state index in [0.29, 0.717) is 0 Å². The van der Waals surface area contributed by atoms with Gasteiger partial charge >= 0.3 is 0 Å². The Morgan fingerprint density at radius 2 is 1.69 bits per heavy atom. The van der Waals surface area contributed by atoms with Crippen LogP contribution in [0.1, 0.15) is 37.8 Å². The van der Waals surface area contributed by atoms with Gasteiger partial charge in [0.1, 0.15) is 0 Å². The second kappa shape index (κ2) is 9.93. The van der Waals surface area contributed by atoms with Gasteiger partial charge in [-0.25, -0.2) is 0 Å². The molecule has 0 radical (unpaired) electrons. The summed E-state index contributed by atoms with van der Waals surface area (Å²) in [7, 11) is 0. The Morgan fingerprint density at radius 3 is 2.38 bits per heavy atom. The van der Waals surface area contributed by atoms with Gasteiger partial charge in [-0.3, -0.25) is 9.69 Å². The van der Waals surface area contributed by atoms with Crippen molar-refractivity contribution in [3.05, 3.63) is 65.7 Å². The van der Waals surface area contributed by atoms with E-state index in [1.165, 1.54) is 11.3 Å². The number of hydrogen-bond donors (Lipinski definition) is 1. The van der Waals surface area contributed by atoms with Crippen LogP contribution in [0.2, 0.25) is 0 Å². The lowest BCUT2D eigenvalue weighted by Crippen LogP contribution is -2.46. The maximum Gasteiger partial charge on any atom is 0.230 e. The summed E-state index contributed by atoms with van der Waals surface area (Å²) in [6.07, 6.45) is 2.14. The molecule has 1 aliphatic rings. The average Bonchev–Trinajstić information content (AvgIpc) is 2.74. The third kappa shape index (κ3) is 5.83. The molecule has 0 aromatic heterocycles. The highest BCUT2D eigenvalue weighted by atomic mass is 16.2. The van der Waals surface area contributed by atoms with Crippen molar-refractivity contribution in [3.63, 3.8) is 0 Å². The van der Waals surface area contributed by atoms with Crippen molar-refractivity contribution in [2.45, 2.75) is 39.0 Å². The molecule has 4 nitrogen and oxygen atoms in total. The van der Waals surface area contributed by atoms with Gasteiger partial charge in [0.05, 0.1) is 5.41 Å². The standard InChI is InChI=1S/C25H35N3O/c1-21-10-9-13-23(20-21)28-18-16-27(17-19-28)15-8-7-14-26-24(29)25(2,3)22-11-5-4-6-12-22/h4-6,9-13,20H,7-8,14-19H2,1-3H3,(H,26,29). The molecule has 4 heteroatoms. The number of nitrogens with zero attached hydrogens (tertiary/aromatic N) is 2. The Balaban J connectivity index is 1.33. The normalized spacial score (nSPS) is 15.3. The molecule has 0 unspecified atom stereocenters. The number of anilines is 1. The van der Waals surface area contributed by atoms with Crippen molar-refractivity contribution in [2.75, 3.05) is 44.2 Å². The second-order valence-corrected chi connectivity index (χ2v) is 8.62. The van der Waals surface area contributed by atoms with E-state index >= 15 is 0 Å². The summed E-state index contributed by atoms with van der Waals surface area (Å²) in [6, 6.07) is 18.8. The molecule has 0 bridgehead atoms. The van der Waals surface area contributed by atoms with E-state index in [1.807, 2.05) is 44.2 Å². The van der Waals surface area contributed by atoms with Gasteiger partial charge in [0.25, 0.3) is 0 Å². The minimum atomic E-state index is -0.493. The maximum absolute atomic E-state index is 12.6. The molecule has 0 spiro atoms. The first kappa shape index (κ1) is 21.4. The van der Waals surface area contributed by atoms with Crippen LogP contribution in [-0.2, 0) is 10.2 Å². The second-order valence-electron chi connectivity index (χ2n) is 8.62. The summed E-state index contributed by atoms with van der Waals surface area (Å²) in [5.41, 5.74) is 3.23. The number of rotatable bonds is 8. The molecule has 1 fully saturated rings. The van der Waals surface area contributed by atoms with Crippen LogP contribution >= 0.6 is 0 Å². The predicted octanol–water partition coefficient (Wildman–Crippen LogP) is 3.99. The van der Waals surface area contributed by atoms with Gasteiger partial charge in [0, 0.05) is 38.4 Å². The molecule has 156 valence electrons. The fourth-order valence-electron chi connectivity index (χ4n) is 3.92. The highest BCUT2D eigenvalue weighted by Crippen LogP contribution is 2.23. The third-order valence-electron chi connectivity index (χ3n) is 5.99. The lowest BCUT2D eigenvalue weighted by Gasteiger charge is -2.36. The quantitative estimate of drug-likeness (QED) is 0.689. The summed E-state index contributed by atoms with van der Waals surface area (Å²) in [6.45, 7) is 12.4. The maximum atomic E-state index is 12.6. The highest BCUT2D eigenvalue weighted by molar-refractivity contribution is 5.87. The number of carbonyl (C=O) groups is 1. The number of hydrogen-bond acceptors (Lipinski definition) is 3. The SMILES string of the molecule is Cc1cccc(N2CCN(CCCCNC(=O)C(C)(C)c3ccccc3)CC2)c1. The molecule has 1 heterocycles. The molecule has 0 atom stereocenters. The molecule has 2 aromatic rings. The Bertz CT molecular complexity index is 780. The first-order valence-electron chi connectivity index (χ1n) is 10.8. The topological polar surface area (TPSA) is 35.6 Å². The van der Waals surface area contributed by atoms with Gasteiger partial charge in [-0.1, -0.05) is 42.5 Å². The molecule has 2 aromatic carbocycles. The van der Waals surface area contributed by atoms with Crippen LogP contribution in [0.4, 0.5) is 5.69 Å². The molecule has 0 saturated carbocycles. The summed E-state index contributed by atoms with van der Waals surface area (Å²) in [5.74, 6) is 0.107. The number of amides is 1. The third-order valence-corrected chi connectivity index (χ3v) is 5.99. The van der Waals surface area contributed by atoms with Gasteiger partial charge in [0.2, 0.25) is 5.91 Å². The molecule has 29 heavy (non-hydrogen) atoms. The molecular weight excluding hydrogens is 358 g/mol.